The first-order valence-electron chi connectivity index (χ1n) is 6.15. The highest BCUT2D eigenvalue weighted by molar-refractivity contribution is 5.24. The lowest BCUT2D eigenvalue weighted by molar-refractivity contribution is -0.0457. The molecular weight excluding hydrogens is 216 g/mol. The minimum Gasteiger partial charge on any atom is -0.396 e. The molecule has 17 heavy (non-hydrogen) atoms. The van der Waals surface area contributed by atoms with Gasteiger partial charge in [-0.2, -0.15) is 0 Å². The zero-order valence-electron chi connectivity index (χ0n) is 10.3. The minimum atomic E-state index is 0.0466. The molecular formula is C14H20O3. The summed E-state index contributed by atoms with van der Waals surface area (Å²) in [6.45, 7) is 1.63. The van der Waals surface area contributed by atoms with Crippen molar-refractivity contribution in [2.24, 2.45) is 5.92 Å². The summed E-state index contributed by atoms with van der Waals surface area (Å²) in [6, 6.07) is 8.27. The molecule has 1 aromatic carbocycles. The summed E-state index contributed by atoms with van der Waals surface area (Å²) in [7, 11) is 1.69. The van der Waals surface area contributed by atoms with Crippen LogP contribution in [0, 0.1) is 5.92 Å². The van der Waals surface area contributed by atoms with E-state index in [1.165, 1.54) is 0 Å². The van der Waals surface area contributed by atoms with Gasteiger partial charge in [0.15, 0.2) is 0 Å². The molecule has 1 N–H and O–H groups in total. The molecule has 0 aliphatic carbocycles. The molecule has 1 aliphatic heterocycles. The van der Waals surface area contributed by atoms with Crippen LogP contribution in [0.15, 0.2) is 24.3 Å². The van der Waals surface area contributed by atoms with Crippen LogP contribution in [-0.4, -0.2) is 25.4 Å². The second kappa shape index (κ2) is 6.15. The third kappa shape index (κ3) is 3.06. The Kier molecular flexibility index (Phi) is 4.54. The third-order valence-corrected chi connectivity index (χ3v) is 3.30. The molecule has 2 rings (SSSR count). The van der Waals surface area contributed by atoms with Gasteiger partial charge in [0.1, 0.15) is 0 Å². The number of aliphatic hydroxyl groups excluding tert-OH is 1. The quantitative estimate of drug-likeness (QED) is 0.871. The Labute approximate surface area is 102 Å². The van der Waals surface area contributed by atoms with Crippen molar-refractivity contribution in [2.75, 3.05) is 20.3 Å². The van der Waals surface area contributed by atoms with Gasteiger partial charge in [-0.15, -0.1) is 0 Å². The SMILES string of the molecule is COCc1ccc(C2OCCCC2CO)cc1. The zero-order valence-corrected chi connectivity index (χ0v) is 10.3. The van der Waals surface area contributed by atoms with Gasteiger partial charge in [0.25, 0.3) is 0 Å². The predicted molar refractivity (Wildman–Crippen MR) is 65.7 cm³/mol. The summed E-state index contributed by atoms with van der Waals surface area (Å²) < 4.78 is 10.9. The van der Waals surface area contributed by atoms with Crippen LogP contribution in [0.4, 0.5) is 0 Å². The van der Waals surface area contributed by atoms with Crippen molar-refractivity contribution in [2.45, 2.75) is 25.6 Å². The number of methoxy groups -OCH3 is 1. The van der Waals surface area contributed by atoms with Crippen molar-refractivity contribution < 1.29 is 14.6 Å². The first-order valence-corrected chi connectivity index (χ1v) is 6.15. The summed E-state index contributed by atoms with van der Waals surface area (Å²) in [5, 5.41) is 9.36. The molecule has 0 spiro atoms. The lowest BCUT2D eigenvalue weighted by Crippen LogP contribution is -2.25. The lowest BCUT2D eigenvalue weighted by Gasteiger charge is -2.30. The number of hydrogen-bond donors (Lipinski definition) is 1. The van der Waals surface area contributed by atoms with E-state index >= 15 is 0 Å². The van der Waals surface area contributed by atoms with E-state index in [-0.39, 0.29) is 18.6 Å². The number of rotatable bonds is 4. The van der Waals surface area contributed by atoms with E-state index < -0.39 is 0 Å². The monoisotopic (exact) mass is 236 g/mol. The van der Waals surface area contributed by atoms with Gasteiger partial charge in [0.2, 0.25) is 0 Å². The molecule has 1 heterocycles. The van der Waals surface area contributed by atoms with E-state index in [0.717, 1.165) is 30.6 Å². The van der Waals surface area contributed by atoms with Gasteiger partial charge < -0.3 is 14.6 Å². The fourth-order valence-corrected chi connectivity index (χ4v) is 2.37. The van der Waals surface area contributed by atoms with Gasteiger partial charge in [-0.3, -0.25) is 0 Å². The maximum Gasteiger partial charge on any atom is 0.0874 e. The molecule has 94 valence electrons. The molecule has 3 heteroatoms. The molecule has 0 radical (unpaired) electrons. The molecule has 2 atom stereocenters. The van der Waals surface area contributed by atoms with Crippen molar-refractivity contribution in [3.63, 3.8) is 0 Å². The normalized spacial score (nSPS) is 24.8. The number of benzene rings is 1. The highest BCUT2D eigenvalue weighted by Gasteiger charge is 2.26. The number of hydrogen-bond acceptors (Lipinski definition) is 3. The molecule has 2 unspecified atom stereocenters. The molecule has 0 aromatic heterocycles. The zero-order chi connectivity index (χ0) is 12.1. The average Bonchev–Trinajstić information content (AvgIpc) is 2.40. The fraction of sp³-hybridized carbons (Fsp3) is 0.571. The Bertz CT molecular complexity index is 334. The van der Waals surface area contributed by atoms with Crippen molar-refractivity contribution >= 4 is 0 Å². The van der Waals surface area contributed by atoms with E-state index in [9.17, 15) is 5.11 Å². The highest BCUT2D eigenvalue weighted by Crippen LogP contribution is 2.33. The largest absolute Gasteiger partial charge is 0.396 e. The lowest BCUT2D eigenvalue weighted by atomic mass is 9.90. The van der Waals surface area contributed by atoms with Crippen molar-refractivity contribution in [3.05, 3.63) is 35.4 Å². The van der Waals surface area contributed by atoms with Crippen molar-refractivity contribution in [3.8, 4) is 0 Å². The van der Waals surface area contributed by atoms with Gasteiger partial charge in [-0.05, 0) is 24.0 Å². The Morgan fingerprint density at radius 2 is 2.12 bits per heavy atom. The number of ether oxygens (including phenoxy) is 2. The Balaban J connectivity index is 2.09. The highest BCUT2D eigenvalue weighted by atomic mass is 16.5. The standard InChI is InChI=1S/C14H20O3/c1-16-10-11-4-6-12(7-5-11)14-13(9-15)3-2-8-17-14/h4-7,13-15H,2-3,8-10H2,1H3. The van der Waals surface area contributed by atoms with Crippen LogP contribution in [0.5, 0.6) is 0 Å². The number of aliphatic hydroxyl groups is 1. The molecule has 0 amide bonds. The van der Waals surface area contributed by atoms with Crippen LogP contribution in [0.1, 0.15) is 30.1 Å². The molecule has 1 aliphatic rings. The third-order valence-electron chi connectivity index (χ3n) is 3.30. The van der Waals surface area contributed by atoms with Gasteiger partial charge >= 0.3 is 0 Å². The van der Waals surface area contributed by atoms with E-state index in [0.29, 0.717) is 6.61 Å². The van der Waals surface area contributed by atoms with E-state index in [1.54, 1.807) is 7.11 Å². The smallest absolute Gasteiger partial charge is 0.0874 e. The van der Waals surface area contributed by atoms with Crippen LogP contribution in [0.3, 0.4) is 0 Å². The second-order valence-electron chi connectivity index (χ2n) is 4.55. The van der Waals surface area contributed by atoms with Gasteiger partial charge in [0.05, 0.1) is 12.7 Å². The molecule has 3 nitrogen and oxygen atoms in total. The summed E-state index contributed by atoms with van der Waals surface area (Å²) >= 11 is 0. The molecule has 1 fully saturated rings. The summed E-state index contributed by atoms with van der Waals surface area (Å²) in [4.78, 5) is 0. The maximum atomic E-state index is 9.36. The van der Waals surface area contributed by atoms with E-state index in [4.69, 9.17) is 9.47 Å². The topological polar surface area (TPSA) is 38.7 Å². The van der Waals surface area contributed by atoms with Crippen molar-refractivity contribution in [1.29, 1.82) is 0 Å². The Hall–Kier alpha value is -0.900. The fourth-order valence-electron chi connectivity index (χ4n) is 2.37. The summed E-state index contributed by atoms with van der Waals surface area (Å²) in [5.41, 5.74) is 2.32. The van der Waals surface area contributed by atoms with Gasteiger partial charge in [0, 0.05) is 26.2 Å². The molecule has 0 bridgehead atoms. The van der Waals surface area contributed by atoms with Crippen molar-refractivity contribution in [1.82, 2.24) is 0 Å². The first kappa shape index (κ1) is 12.6. The minimum absolute atomic E-state index is 0.0466. The summed E-state index contributed by atoms with van der Waals surface area (Å²) in [6.07, 6.45) is 2.13. The van der Waals surface area contributed by atoms with Crippen LogP contribution in [-0.2, 0) is 16.1 Å². The van der Waals surface area contributed by atoms with Crippen LogP contribution >= 0.6 is 0 Å². The molecule has 1 saturated heterocycles. The van der Waals surface area contributed by atoms with Gasteiger partial charge in [-0.1, -0.05) is 24.3 Å². The van der Waals surface area contributed by atoms with Crippen LogP contribution < -0.4 is 0 Å². The second-order valence-corrected chi connectivity index (χ2v) is 4.55. The van der Waals surface area contributed by atoms with Crippen LogP contribution in [0.2, 0.25) is 0 Å². The summed E-state index contributed by atoms with van der Waals surface area (Å²) in [5.74, 6) is 0.233. The Morgan fingerprint density at radius 3 is 2.76 bits per heavy atom. The maximum absolute atomic E-state index is 9.36. The predicted octanol–water partition coefficient (Wildman–Crippen LogP) is 2.29. The van der Waals surface area contributed by atoms with Gasteiger partial charge in [-0.25, -0.2) is 0 Å². The molecule has 0 saturated carbocycles. The average molecular weight is 236 g/mol. The van der Waals surface area contributed by atoms with E-state index in [1.807, 2.05) is 0 Å². The van der Waals surface area contributed by atoms with E-state index in [2.05, 4.69) is 24.3 Å². The molecule has 1 aromatic rings. The Morgan fingerprint density at radius 1 is 1.35 bits per heavy atom. The van der Waals surface area contributed by atoms with Crippen LogP contribution in [0.25, 0.3) is 0 Å². The first-order chi connectivity index (χ1) is 8.35.